The van der Waals surface area contributed by atoms with E-state index in [9.17, 15) is 9.59 Å². The number of aromatic nitrogens is 1. The molecule has 1 aliphatic rings. The van der Waals surface area contributed by atoms with Gasteiger partial charge >= 0.3 is 0 Å². The Kier molecular flexibility index (Phi) is 4.33. The lowest BCUT2D eigenvalue weighted by Crippen LogP contribution is -2.39. The summed E-state index contributed by atoms with van der Waals surface area (Å²) < 4.78 is 1.000. The first-order valence-electron chi connectivity index (χ1n) is 8.41. The number of hydrogen-bond donors (Lipinski definition) is 2. The average molecular weight is 379 g/mol. The van der Waals surface area contributed by atoms with Crippen LogP contribution in [0.2, 0.25) is 0 Å². The lowest BCUT2D eigenvalue weighted by Gasteiger charge is -2.20. The van der Waals surface area contributed by atoms with Crippen molar-refractivity contribution >= 4 is 50.5 Å². The number of hydrogen-bond acceptors (Lipinski definition) is 6. The summed E-state index contributed by atoms with van der Waals surface area (Å²) in [6, 6.07) is 14.1. The fourth-order valence-electron chi connectivity index (χ4n) is 3.01. The molecule has 0 bridgehead atoms. The minimum absolute atomic E-state index is 0.165. The van der Waals surface area contributed by atoms with Crippen LogP contribution in [0.3, 0.4) is 0 Å². The maximum Gasteiger partial charge on any atom is 0.271 e. The van der Waals surface area contributed by atoms with Crippen molar-refractivity contribution in [2.24, 2.45) is 10.8 Å². The van der Waals surface area contributed by atoms with E-state index in [-0.39, 0.29) is 18.0 Å². The molecule has 1 unspecified atom stereocenters. The highest BCUT2D eigenvalue weighted by Gasteiger charge is 2.34. The number of thiazole rings is 1. The Labute approximate surface area is 159 Å². The molecular formula is C19H17N5O2S. The van der Waals surface area contributed by atoms with Crippen LogP contribution in [0.15, 0.2) is 53.6 Å². The number of aryl methyl sites for hydroxylation is 1. The summed E-state index contributed by atoms with van der Waals surface area (Å²) in [6.07, 6.45) is 0.165. The molecule has 2 aromatic carbocycles. The van der Waals surface area contributed by atoms with E-state index < -0.39 is 11.9 Å². The smallest absolute Gasteiger partial charge is 0.271 e. The Hall–Kier alpha value is -3.26. The van der Waals surface area contributed by atoms with Gasteiger partial charge in [0.2, 0.25) is 5.91 Å². The molecule has 0 spiro atoms. The molecule has 3 N–H and O–H groups in total. The lowest BCUT2D eigenvalue weighted by atomic mass is 10.1. The second-order valence-corrected chi connectivity index (χ2v) is 7.45. The minimum atomic E-state index is -0.681. The van der Waals surface area contributed by atoms with Gasteiger partial charge in [-0.05, 0) is 37.3 Å². The van der Waals surface area contributed by atoms with E-state index in [1.54, 1.807) is 17.4 Å². The number of carbonyl (C=O) groups excluding carboxylic acids is 2. The van der Waals surface area contributed by atoms with Crippen LogP contribution in [0.25, 0.3) is 10.2 Å². The number of rotatable bonds is 4. The molecule has 1 atom stereocenters. The summed E-state index contributed by atoms with van der Waals surface area (Å²) in [4.78, 5) is 28.9. The number of fused-ring (bicyclic) bond motifs is 1. The van der Waals surface area contributed by atoms with Crippen molar-refractivity contribution in [1.29, 1.82) is 0 Å². The third kappa shape index (κ3) is 3.39. The number of para-hydroxylation sites is 1. The summed E-state index contributed by atoms with van der Waals surface area (Å²) in [6.45, 7) is 1.94. The Morgan fingerprint density at radius 3 is 2.74 bits per heavy atom. The fraction of sp³-hybridized carbons (Fsp3) is 0.158. The van der Waals surface area contributed by atoms with Crippen molar-refractivity contribution in [1.82, 2.24) is 4.98 Å². The van der Waals surface area contributed by atoms with Gasteiger partial charge in [-0.1, -0.05) is 18.2 Å². The van der Waals surface area contributed by atoms with Crippen LogP contribution in [-0.4, -0.2) is 28.6 Å². The molecule has 0 radical (unpaired) electrons. The molecule has 0 saturated carbocycles. The van der Waals surface area contributed by atoms with Crippen LogP contribution >= 0.6 is 11.3 Å². The summed E-state index contributed by atoms with van der Waals surface area (Å²) >= 11 is 1.57. The van der Waals surface area contributed by atoms with Crippen molar-refractivity contribution in [3.8, 4) is 0 Å². The van der Waals surface area contributed by atoms with E-state index in [2.05, 4.69) is 15.4 Å². The molecule has 2 amide bonds. The van der Waals surface area contributed by atoms with Crippen LogP contribution in [0, 0.1) is 6.92 Å². The highest BCUT2D eigenvalue weighted by atomic mass is 32.1. The average Bonchev–Trinajstić information content (AvgIpc) is 3.25. The number of hydrazone groups is 1. The Bertz CT molecular complexity index is 1060. The van der Waals surface area contributed by atoms with E-state index >= 15 is 0 Å². The normalized spacial score (nSPS) is 16.4. The summed E-state index contributed by atoms with van der Waals surface area (Å²) in [5.74, 6) is -0.868. The highest BCUT2D eigenvalue weighted by Crippen LogP contribution is 2.27. The number of primary amides is 1. The van der Waals surface area contributed by atoms with Gasteiger partial charge in [0.05, 0.1) is 20.9 Å². The molecule has 2 heterocycles. The maximum absolute atomic E-state index is 12.7. The standard InChI is InChI=1S/C19H17N5O2S/c1-11-21-14-8-7-12(9-17(14)27-11)22-19(26)15-10-16(18(20)25)24(23-15)13-5-3-2-4-6-13/h2-9,16H,10H2,1H3,(H2,20,25)(H,22,26). The zero-order chi connectivity index (χ0) is 19.0. The maximum atomic E-state index is 12.7. The molecular weight excluding hydrogens is 362 g/mol. The molecule has 1 aromatic heterocycles. The van der Waals surface area contributed by atoms with Crippen molar-refractivity contribution < 1.29 is 9.59 Å². The zero-order valence-corrected chi connectivity index (χ0v) is 15.4. The second-order valence-electron chi connectivity index (χ2n) is 6.22. The number of amides is 2. The quantitative estimate of drug-likeness (QED) is 0.728. The van der Waals surface area contributed by atoms with Crippen LogP contribution in [0.4, 0.5) is 11.4 Å². The Balaban J connectivity index is 1.57. The molecule has 0 saturated heterocycles. The largest absolute Gasteiger partial charge is 0.368 e. The third-order valence-corrected chi connectivity index (χ3v) is 5.21. The third-order valence-electron chi connectivity index (χ3n) is 4.27. The van der Waals surface area contributed by atoms with E-state index in [4.69, 9.17) is 5.73 Å². The Morgan fingerprint density at radius 2 is 2.00 bits per heavy atom. The molecule has 1 aliphatic heterocycles. The van der Waals surface area contributed by atoms with Gasteiger partial charge in [0, 0.05) is 12.1 Å². The minimum Gasteiger partial charge on any atom is -0.368 e. The van der Waals surface area contributed by atoms with Gasteiger partial charge in [-0.15, -0.1) is 11.3 Å². The van der Waals surface area contributed by atoms with Gasteiger partial charge in [-0.3, -0.25) is 14.6 Å². The summed E-state index contributed by atoms with van der Waals surface area (Å²) in [5.41, 5.74) is 8.05. The number of carbonyl (C=O) groups is 2. The van der Waals surface area contributed by atoms with E-state index in [1.807, 2.05) is 49.4 Å². The van der Waals surface area contributed by atoms with E-state index in [0.29, 0.717) is 11.4 Å². The van der Waals surface area contributed by atoms with Crippen molar-refractivity contribution in [3.05, 3.63) is 53.5 Å². The summed E-state index contributed by atoms with van der Waals surface area (Å²) in [7, 11) is 0. The molecule has 0 fully saturated rings. The SMILES string of the molecule is Cc1nc2ccc(NC(=O)C3=NN(c4ccccc4)C(C(N)=O)C3)cc2s1. The van der Waals surface area contributed by atoms with Gasteiger partial charge in [0.15, 0.2) is 0 Å². The molecule has 7 nitrogen and oxygen atoms in total. The highest BCUT2D eigenvalue weighted by molar-refractivity contribution is 7.18. The van der Waals surface area contributed by atoms with Crippen LogP contribution in [0.5, 0.6) is 0 Å². The van der Waals surface area contributed by atoms with Crippen LogP contribution < -0.4 is 16.1 Å². The van der Waals surface area contributed by atoms with Gasteiger partial charge in [-0.25, -0.2) is 4.98 Å². The van der Waals surface area contributed by atoms with Gasteiger partial charge in [0.25, 0.3) is 5.91 Å². The van der Waals surface area contributed by atoms with Gasteiger partial charge in [-0.2, -0.15) is 5.10 Å². The molecule has 3 aromatic rings. The molecule has 136 valence electrons. The first-order chi connectivity index (χ1) is 13.0. The second kappa shape index (κ2) is 6.81. The number of anilines is 2. The number of nitrogens with zero attached hydrogens (tertiary/aromatic N) is 3. The van der Waals surface area contributed by atoms with Crippen molar-refractivity contribution in [2.45, 2.75) is 19.4 Å². The number of nitrogens with two attached hydrogens (primary N) is 1. The first-order valence-corrected chi connectivity index (χ1v) is 9.22. The molecule has 8 heteroatoms. The topological polar surface area (TPSA) is 101 Å². The number of benzene rings is 2. The Morgan fingerprint density at radius 1 is 1.22 bits per heavy atom. The summed E-state index contributed by atoms with van der Waals surface area (Å²) in [5, 5.41) is 9.67. The first kappa shape index (κ1) is 17.2. The predicted molar refractivity (Wildman–Crippen MR) is 107 cm³/mol. The van der Waals surface area contributed by atoms with Gasteiger partial charge < -0.3 is 11.1 Å². The van der Waals surface area contributed by atoms with Gasteiger partial charge in [0.1, 0.15) is 11.8 Å². The zero-order valence-electron chi connectivity index (χ0n) is 14.5. The number of nitrogens with one attached hydrogen (secondary N) is 1. The van der Waals surface area contributed by atoms with Crippen LogP contribution in [-0.2, 0) is 9.59 Å². The predicted octanol–water partition coefficient (Wildman–Crippen LogP) is 2.66. The molecule has 4 rings (SSSR count). The van der Waals surface area contributed by atoms with E-state index in [0.717, 1.165) is 15.2 Å². The molecule has 0 aliphatic carbocycles. The van der Waals surface area contributed by atoms with E-state index in [1.165, 1.54) is 5.01 Å². The van der Waals surface area contributed by atoms with Crippen molar-refractivity contribution in [3.63, 3.8) is 0 Å². The monoisotopic (exact) mass is 379 g/mol. The fourth-order valence-corrected chi connectivity index (χ4v) is 3.88. The van der Waals surface area contributed by atoms with Crippen molar-refractivity contribution in [2.75, 3.05) is 10.3 Å². The lowest BCUT2D eigenvalue weighted by molar-refractivity contribution is -0.119. The van der Waals surface area contributed by atoms with Crippen LogP contribution in [0.1, 0.15) is 11.4 Å². The molecule has 27 heavy (non-hydrogen) atoms.